The standard InChI is InChI=1S/C19H26N2O/c1-2-7-18(8-3-1)9-6-11-20-12-14-21(15-13-20)17-19-10-4-5-16-22-19/h1-3,5-9,16,19H,4,10-15,17H2. The molecule has 2 aliphatic rings. The van der Waals surface area contributed by atoms with E-state index in [1.165, 1.54) is 5.56 Å². The van der Waals surface area contributed by atoms with Crippen LogP contribution in [0.5, 0.6) is 0 Å². The largest absolute Gasteiger partial charge is 0.497 e. The molecule has 0 amide bonds. The molecule has 0 aromatic heterocycles. The van der Waals surface area contributed by atoms with Gasteiger partial charge < -0.3 is 4.74 Å². The molecule has 0 N–H and O–H groups in total. The van der Waals surface area contributed by atoms with E-state index in [0.29, 0.717) is 6.10 Å². The molecule has 1 aromatic rings. The average Bonchev–Trinajstić information content (AvgIpc) is 2.58. The van der Waals surface area contributed by atoms with Gasteiger partial charge in [0.05, 0.1) is 6.26 Å². The van der Waals surface area contributed by atoms with Crippen molar-refractivity contribution in [1.29, 1.82) is 0 Å². The minimum Gasteiger partial charge on any atom is -0.497 e. The number of hydrogen-bond donors (Lipinski definition) is 0. The van der Waals surface area contributed by atoms with Gasteiger partial charge in [-0.05, 0) is 24.5 Å². The van der Waals surface area contributed by atoms with Gasteiger partial charge >= 0.3 is 0 Å². The van der Waals surface area contributed by atoms with Gasteiger partial charge in [-0.3, -0.25) is 9.80 Å². The van der Waals surface area contributed by atoms with E-state index in [1.54, 1.807) is 0 Å². The minimum atomic E-state index is 0.398. The van der Waals surface area contributed by atoms with Crippen molar-refractivity contribution in [1.82, 2.24) is 9.80 Å². The Bertz CT molecular complexity index is 489. The average molecular weight is 298 g/mol. The Morgan fingerprint density at radius 3 is 2.55 bits per heavy atom. The van der Waals surface area contributed by atoms with Crippen LogP contribution < -0.4 is 0 Å². The van der Waals surface area contributed by atoms with E-state index in [0.717, 1.165) is 52.1 Å². The molecule has 1 aromatic carbocycles. The molecule has 3 rings (SSSR count). The van der Waals surface area contributed by atoms with Gasteiger partial charge in [-0.2, -0.15) is 0 Å². The quantitative estimate of drug-likeness (QED) is 0.831. The normalized spacial score (nSPS) is 23.7. The first-order chi connectivity index (χ1) is 10.9. The first kappa shape index (κ1) is 15.3. The highest BCUT2D eigenvalue weighted by Gasteiger charge is 2.20. The Labute approximate surface area is 133 Å². The fraction of sp³-hybridized carbons (Fsp3) is 0.474. The number of nitrogens with zero attached hydrogens (tertiary/aromatic N) is 2. The number of rotatable bonds is 5. The third-order valence-electron chi connectivity index (χ3n) is 4.42. The van der Waals surface area contributed by atoms with Crippen LogP contribution in [0.3, 0.4) is 0 Å². The Hall–Kier alpha value is -1.58. The monoisotopic (exact) mass is 298 g/mol. The van der Waals surface area contributed by atoms with Crippen molar-refractivity contribution in [3.05, 3.63) is 54.3 Å². The van der Waals surface area contributed by atoms with Crippen LogP contribution in [-0.2, 0) is 4.74 Å². The van der Waals surface area contributed by atoms with Crippen molar-refractivity contribution in [2.24, 2.45) is 0 Å². The Kier molecular flexibility index (Phi) is 5.68. The molecular formula is C19H26N2O. The molecule has 1 fully saturated rings. The molecule has 0 radical (unpaired) electrons. The molecule has 0 spiro atoms. The van der Waals surface area contributed by atoms with E-state index in [-0.39, 0.29) is 0 Å². The fourth-order valence-electron chi connectivity index (χ4n) is 3.06. The van der Waals surface area contributed by atoms with Gasteiger partial charge in [-0.1, -0.05) is 42.5 Å². The zero-order valence-electron chi connectivity index (χ0n) is 13.2. The maximum absolute atomic E-state index is 5.67. The number of ether oxygens (including phenoxy) is 1. The van der Waals surface area contributed by atoms with Gasteiger partial charge in [-0.15, -0.1) is 0 Å². The second kappa shape index (κ2) is 8.16. The summed E-state index contributed by atoms with van der Waals surface area (Å²) < 4.78 is 5.67. The molecule has 0 bridgehead atoms. The van der Waals surface area contributed by atoms with E-state index in [2.05, 4.69) is 58.4 Å². The van der Waals surface area contributed by atoms with Crippen LogP contribution in [0.25, 0.3) is 6.08 Å². The van der Waals surface area contributed by atoms with Crippen molar-refractivity contribution in [3.63, 3.8) is 0 Å². The maximum atomic E-state index is 5.67. The van der Waals surface area contributed by atoms with E-state index in [9.17, 15) is 0 Å². The Balaban J connectivity index is 1.36. The summed E-state index contributed by atoms with van der Waals surface area (Å²) in [6, 6.07) is 10.5. The van der Waals surface area contributed by atoms with Gasteiger partial charge in [0.1, 0.15) is 6.10 Å². The highest BCUT2D eigenvalue weighted by molar-refractivity contribution is 5.48. The lowest BCUT2D eigenvalue weighted by Gasteiger charge is -2.36. The summed E-state index contributed by atoms with van der Waals surface area (Å²) in [7, 11) is 0. The molecule has 3 nitrogen and oxygen atoms in total. The Morgan fingerprint density at radius 1 is 1.05 bits per heavy atom. The highest BCUT2D eigenvalue weighted by atomic mass is 16.5. The lowest BCUT2D eigenvalue weighted by Crippen LogP contribution is -2.48. The summed E-state index contributed by atoms with van der Waals surface area (Å²) >= 11 is 0. The third kappa shape index (κ3) is 4.72. The van der Waals surface area contributed by atoms with Gasteiger partial charge in [0.15, 0.2) is 0 Å². The van der Waals surface area contributed by atoms with Crippen LogP contribution in [0.15, 0.2) is 48.7 Å². The molecule has 1 unspecified atom stereocenters. The van der Waals surface area contributed by atoms with E-state index in [1.807, 2.05) is 6.26 Å². The van der Waals surface area contributed by atoms with Crippen LogP contribution >= 0.6 is 0 Å². The van der Waals surface area contributed by atoms with Crippen molar-refractivity contribution in [2.75, 3.05) is 39.3 Å². The van der Waals surface area contributed by atoms with Crippen LogP contribution in [0, 0.1) is 0 Å². The third-order valence-corrected chi connectivity index (χ3v) is 4.42. The lowest BCUT2D eigenvalue weighted by atomic mass is 10.1. The number of benzene rings is 1. The molecule has 3 heteroatoms. The summed E-state index contributed by atoms with van der Waals surface area (Å²) in [4.78, 5) is 5.07. The zero-order chi connectivity index (χ0) is 15.0. The highest BCUT2D eigenvalue weighted by Crippen LogP contribution is 2.13. The summed E-state index contributed by atoms with van der Waals surface area (Å²) in [5.41, 5.74) is 1.28. The number of piperazine rings is 1. The van der Waals surface area contributed by atoms with Gasteiger partial charge in [-0.25, -0.2) is 0 Å². The summed E-state index contributed by atoms with van der Waals surface area (Å²) in [5.74, 6) is 0. The van der Waals surface area contributed by atoms with Crippen molar-refractivity contribution < 1.29 is 4.74 Å². The minimum absolute atomic E-state index is 0.398. The van der Waals surface area contributed by atoms with Crippen molar-refractivity contribution in [3.8, 4) is 0 Å². The number of hydrogen-bond acceptors (Lipinski definition) is 3. The molecule has 22 heavy (non-hydrogen) atoms. The molecule has 2 aliphatic heterocycles. The second-order valence-electron chi connectivity index (χ2n) is 6.12. The van der Waals surface area contributed by atoms with Crippen LogP contribution in [0.1, 0.15) is 18.4 Å². The van der Waals surface area contributed by atoms with Gasteiger partial charge in [0, 0.05) is 39.3 Å². The van der Waals surface area contributed by atoms with Crippen molar-refractivity contribution >= 4 is 6.08 Å². The molecule has 1 saturated heterocycles. The predicted octanol–water partition coefficient (Wildman–Crippen LogP) is 3.01. The van der Waals surface area contributed by atoms with Crippen LogP contribution in [0.4, 0.5) is 0 Å². The predicted molar refractivity (Wildman–Crippen MR) is 91.6 cm³/mol. The molecule has 1 atom stereocenters. The fourth-order valence-corrected chi connectivity index (χ4v) is 3.06. The van der Waals surface area contributed by atoms with Gasteiger partial charge in [0.2, 0.25) is 0 Å². The van der Waals surface area contributed by atoms with Crippen LogP contribution in [0.2, 0.25) is 0 Å². The van der Waals surface area contributed by atoms with E-state index in [4.69, 9.17) is 4.74 Å². The topological polar surface area (TPSA) is 15.7 Å². The second-order valence-corrected chi connectivity index (χ2v) is 6.12. The van der Waals surface area contributed by atoms with Crippen LogP contribution in [-0.4, -0.2) is 55.2 Å². The molecule has 0 saturated carbocycles. The summed E-state index contributed by atoms with van der Waals surface area (Å²) in [6.45, 7) is 6.75. The van der Waals surface area contributed by atoms with Crippen molar-refractivity contribution in [2.45, 2.75) is 18.9 Å². The SMILES string of the molecule is C1=COC(CN2CCN(CC=Cc3ccccc3)CC2)CC1. The molecule has 0 aliphatic carbocycles. The smallest absolute Gasteiger partial charge is 0.111 e. The first-order valence-electron chi connectivity index (χ1n) is 8.37. The van der Waals surface area contributed by atoms with E-state index >= 15 is 0 Å². The summed E-state index contributed by atoms with van der Waals surface area (Å²) in [6.07, 6.45) is 11.2. The Morgan fingerprint density at radius 2 is 1.82 bits per heavy atom. The maximum Gasteiger partial charge on any atom is 0.111 e. The summed E-state index contributed by atoms with van der Waals surface area (Å²) in [5, 5.41) is 0. The zero-order valence-corrected chi connectivity index (χ0v) is 13.2. The first-order valence-corrected chi connectivity index (χ1v) is 8.37. The molecule has 118 valence electrons. The van der Waals surface area contributed by atoms with Gasteiger partial charge in [0.25, 0.3) is 0 Å². The molecule has 2 heterocycles. The molecular weight excluding hydrogens is 272 g/mol. The van der Waals surface area contributed by atoms with E-state index < -0.39 is 0 Å². The number of allylic oxidation sites excluding steroid dienone is 1. The lowest BCUT2D eigenvalue weighted by molar-refractivity contribution is 0.0554.